The highest BCUT2D eigenvalue weighted by molar-refractivity contribution is 4.82. The number of unbranched alkanes of at least 4 members (excludes halogenated alkanes) is 3. The van der Waals surface area contributed by atoms with Crippen LogP contribution in [-0.4, -0.2) is 30.7 Å². The first kappa shape index (κ1) is 17.3. The maximum absolute atomic E-state index is 4.94. The second-order valence-electron chi connectivity index (χ2n) is 7.39. The van der Waals surface area contributed by atoms with Crippen molar-refractivity contribution in [1.82, 2.24) is 10.2 Å². The lowest BCUT2D eigenvalue weighted by Crippen LogP contribution is -2.49. The Hall–Kier alpha value is -0.0800. The number of rotatable bonds is 8. The molecule has 2 saturated heterocycles. The standard InChI is InChI=1S/C19H37N2/c1-3-5-7-9-17-11-14-21(15-12-17)19-16-18(8-6-4-2)10-13-20-19/h17-19H,3-16H2,1-2H3. The molecule has 0 aromatic carbocycles. The smallest absolute Gasteiger partial charge is 0.0763 e. The summed E-state index contributed by atoms with van der Waals surface area (Å²) >= 11 is 0. The highest BCUT2D eigenvalue weighted by atomic mass is 15.3. The molecule has 2 atom stereocenters. The number of piperidine rings is 2. The lowest BCUT2D eigenvalue weighted by atomic mass is 9.88. The van der Waals surface area contributed by atoms with Crippen LogP contribution in [0, 0.1) is 11.8 Å². The molecule has 2 heteroatoms. The van der Waals surface area contributed by atoms with Crippen molar-refractivity contribution in [3.8, 4) is 0 Å². The summed E-state index contributed by atoms with van der Waals surface area (Å²) in [6, 6.07) is 0. The van der Waals surface area contributed by atoms with E-state index in [1.54, 1.807) is 0 Å². The van der Waals surface area contributed by atoms with Gasteiger partial charge in [0.15, 0.2) is 0 Å². The Morgan fingerprint density at radius 2 is 1.57 bits per heavy atom. The van der Waals surface area contributed by atoms with Gasteiger partial charge in [-0.05, 0) is 50.6 Å². The van der Waals surface area contributed by atoms with Gasteiger partial charge in [0.05, 0.1) is 6.17 Å². The molecule has 0 aromatic rings. The van der Waals surface area contributed by atoms with Crippen LogP contribution in [0.5, 0.6) is 0 Å². The zero-order valence-electron chi connectivity index (χ0n) is 14.5. The average Bonchev–Trinajstić information content (AvgIpc) is 2.54. The van der Waals surface area contributed by atoms with Gasteiger partial charge in [-0.3, -0.25) is 4.90 Å². The van der Waals surface area contributed by atoms with Crippen LogP contribution in [0.1, 0.15) is 84.5 Å². The lowest BCUT2D eigenvalue weighted by molar-refractivity contribution is 0.0689. The predicted octanol–water partition coefficient (Wildman–Crippen LogP) is 4.81. The predicted molar refractivity (Wildman–Crippen MR) is 91.5 cm³/mol. The molecule has 2 heterocycles. The topological polar surface area (TPSA) is 17.3 Å². The van der Waals surface area contributed by atoms with Gasteiger partial charge in [-0.15, -0.1) is 0 Å². The van der Waals surface area contributed by atoms with E-state index >= 15 is 0 Å². The van der Waals surface area contributed by atoms with E-state index < -0.39 is 0 Å². The van der Waals surface area contributed by atoms with Crippen LogP contribution in [0.4, 0.5) is 0 Å². The van der Waals surface area contributed by atoms with E-state index in [0.717, 1.165) is 18.4 Å². The molecule has 2 aliphatic rings. The Morgan fingerprint density at radius 3 is 2.29 bits per heavy atom. The summed E-state index contributed by atoms with van der Waals surface area (Å²) in [6.07, 6.45) is 16.0. The molecule has 2 rings (SSSR count). The fourth-order valence-corrected chi connectivity index (χ4v) is 4.14. The fourth-order valence-electron chi connectivity index (χ4n) is 4.14. The van der Waals surface area contributed by atoms with Crippen LogP contribution in [0.2, 0.25) is 0 Å². The van der Waals surface area contributed by atoms with Crippen LogP contribution < -0.4 is 5.32 Å². The van der Waals surface area contributed by atoms with E-state index in [9.17, 15) is 0 Å². The highest BCUT2D eigenvalue weighted by Gasteiger charge is 2.29. The first-order valence-electron chi connectivity index (χ1n) is 9.74. The molecule has 0 amide bonds. The summed E-state index contributed by atoms with van der Waals surface area (Å²) in [6.45, 7) is 8.36. The van der Waals surface area contributed by atoms with E-state index in [0.29, 0.717) is 6.17 Å². The second-order valence-corrected chi connectivity index (χ2v) is 7.39. The number of nitrogens with zero attached hydrogens (tertiary/aromatic N) is 2. The SMILES string of the molecule is CCCCCC1CCN(C2CC(CCCC)CC[N]2)CC1. The van der Waals surface area contributed by atoms with Crippen molar-refractivity contribution < 1.29 is 0 Å². The minimum Gasteiger partial charge on any atom is -0.287 e. The zero-order valence-corrected chi connectivity index (χ0v) is 14.5. The van der Waals surface area contributed by atoms with Crippen LogP contribution in [0.15, 0.2) is 0 Å². The first-order chi connectivity index (χ1) is 10.3. The summed E-state index contributed by atoms with van der Waals surface area (Å²) < 4.78 is 0. The quantitative estimate of drug-likeness (QED) is 0.587. The van der Waals surface area contributed by atoms with Gasteiger partial charge in [0.25, 0.3) is 0 Å². The van der Waals surface area contributed by atoms with Gasteiger partial charge in [-0.2, -0.15) is 0 Å². The molecule has 2 fully saturated rings. The molecule has 0 saturated carbocycles. The molecule has 21 heavy (non-hydrogen) atoms. The molecular formula is C19H37N2. The van der Waals surface area contributed by atoms with E-state index in [4.69, 9.17) is 5.32 Å². The Labute approximate surface area is 133 Å². The maximum atomic E-state index is 4.94. The van der Waals surface area contributed by atoms with Gasteiger partial charge in [0.2, 0.25) is 0 Å². The Morgan fingerprint density at radius 1 is 0.857 bits per heavy atom. The van der Waals surface area contributed by atoms with Crippen LogP contribution >= 0.6 is 0 Å². The monoisotopic (exact) mass is 293 g/mol. The Kier molecular flexibility index (Phi) is 8.10. The van der Waals surface area contributed by atoms with Crippen molar-refractivity contribution in [2.45, 2.75) is 90.6 Å². The van der Waals surface area contributed by atoms with Crippen LogP contribution in [0.3, 0.4) is 0 Å². The van der Waals surface area contributed by atoms with Gasteiger partial charge in [0, 0.05) is 6.54 Å². The molecule has 2 nitrogen and oxygen atoms in total. The largest absolute Gasteiger partial charge is 0.287 e. The molecule has 0 aliphatic carbocycles. The third kappa shape index (κ3) is 5.90. The van der Waals surface area contributed by atoms with Gasteiger partial charge in [0.1, 0.15) is 0 Å². The van der Waals surface area contributed by atoms with Crippen LogP contribution in [0.25, 0.3) is 0 Å². The van der Waals surface area contributed by atoms with Gasteiger partial charge in [-0.1, -0.05) is 58.8 Å². The Bertz CT molecular complexity index is 258. The van der Waals surface area contributed by atoms with Gasteiger partial charge in [-0.25, -0.2) is 5.32 Å². The summed E-state index contributed by atoms with van der Waals surface area (Å²) in [5.41, 5.74) is 0. The van der Waals surface area contributed by atoms with E-state index in [1.165, 1.54) is 83.7 Å². The fraction of sp³-hybridized carbons (Fsp3) is 1.00. The minimum absolute atomic E-state index is 0.567. The van der Waals surface area contributed by atoms with Crippen molar-refractivity contribution in [2.24, 2.45) is 11.8 Å². The van der Waals surface area contributed by atoms with Gasteiger partial charge < -0.3 is 0 Å². The molecule has 1 radical (unpaired) electrons. The summed E-state index contributed by atoms with van der Waals surface area (Å²) in [7, 11) is 0. The molecule has 0 bridgehead atoms. The normalized spacial score (nSPS) is 28.9. The van der Waals surface area contributed by atoms with Crippen molar-refractivity contribution in [2.75, 3.05) is 19.6 Å². The highest BCUT2D eigenvalue weighted by Crippen LogP contribution is 2.29. The number of hydrogen-bond donors (Lipinski definition) is 0. The Balaban J connectivity index is 1.66. The molecule has 0 aromatic heterocycles. The minimum atomic E-state index is 0.567. The molecule has 2 aliphatic heterocycles. The third-order valence-electron chi connectivity index (χ3n) is 5.67. The summed E-state index contributed by atoms with van der Waals surface area (Å²) in [5, 5.41) is 4.94. The lowest BCUT2D eigenvalue weighted by Gasteiger charge is -2.41. The molecule has 0 N–H and O–H groups in total. The van der Waals surface area contributed by atoms with Crippen molar-refractivity contribution in [3.05, 3.63) is 0 Å². The van der Waals surface area contributed by atoms with Gasteiger partial charge >= 0.3 is 0 Å². The number of hydrogen-bond acceptors (Lipinski definition) is 1. The maximum Gasteiger partial charge on any atom is 0.0763 e. The molecule has 2 unspecified atom stereocenters. The zero-order chi connectivity index (χ0) is 14.9. The summed E-state index contributed by atoms with van der Waals surface area (Å²) in [5.74, 6) is 1.96. The molecular weight excluding hydrogens is 256 g/mol. The second kappa shape index (κ2) is 9.84. The van der Waals surface area contributed by atoms with E-state index in [2.05, 4.69) is 18.7 Å². The summed E-state index contributed by atoms with van der Waals surface area (Å²) in [4.78, 5) is 2.70. The van der Waals surface area contributed by atoms with E-state index in [1.807, 2.05) is 0 Å². The van der Waals surface area contributed by atoms with Crippen molar-refractivity contribution in [1.29, 1.82) is 0 Å². The van der Waals surface area contributed by atoms with Crippen molar-refractivity contribution in [3.63, 3.8) is 0 Å². The van der Waals surface area contributed by atoms with E-state index in [-0.39, 0.29) is 0 Å². The first-order valence-corrected chi connectivity index (χ1v) is 9.74. The third-order valence-corrected chi connectivity index (χ3v) is 5.67. The number of likely N-dealkylation sites (tertiary alicyclic amines) is 1. The van der Waals surface area contributed by atoms with Crippen molar-refractivity contribution >= 4 is 0 Å². The molecule has 0 spiro atoms. The molecule has 123 valence electrons. The average molecular weight is 294 g/mol. The van der Waals surface area contributed by atoms with Crippen LogP contribution in [-0.2, 0) is 0 Å².